The Morgan fingerprint density at radius 1 is 1.03 bits per heavy atom. The van der Waals surface area contributed by atoms with E-state index < -0.39 is 0 Å². The summed E-state index contributed by atoms with van der Waals surface area (Å²) in [4.78, 5) is 12.7. The van der Waals surface area contributed by atoms with E-state index >= 15 is 0 Å². The lowest BCUT2D eigenvalue weighted by Gasteiger charge is -2.12. The van der Waals surface area contributed by atoms with E-state index in [0.29, 0.717) is 28.5 Å². The molecule has 0 saturated carbocycles. The molecule has 7 heteroatoms. The van der Waals surface area contributed by atoms with Crippen molar-refractivity contribution in [1.29, 1.82) is 5.41 Å². The van der Waals surface area contributed by atoms with Gasteiger partial charge in [0.05, 0.1) is 22.5 Å². The molecule has 0 unspecified atom stereocenters. The molecule has 0 atom stereocenters. The molecular formula is C22H17FN5O+. The number of rotatable bonds is 4. The molecule has 0 fully saturated rings. The van der Waals surface area contributed by atoms with Crippen LogP contribution in [0.5, 0.6) is 0 Å². The zero-order chi connectivity index (χ0) is 20.2. The van der Waals surface area contributed by atoms with Crippen molar-refractivity contribution in [3.63, 3.8) is 0 Å². The highest BCUT2D eigenvalue weighted by Crippen LogP contribution is 2.27. The Hall–Kier alpha value is -4.13. The van der Waals surface area contributed by atoms with Crippen molar-refractivity contribution < 1.29 is 9.50 Å². The number of anilines is 2. The van der Waals surface area contributed by atoms with Crippen molar-refractivity contribution in [3.05, 3.63) is 102 Å². The number of halogens is 1. The number of hydrogen-bond donors (Lipinski definition) is 2. The summed E-state index contributed by atoms with van der Waals surface area (Å²) in [5.41, 5.74) is 3.45. The SMILES string of the molecule is N=C1C=CC(c2ccnc(Nc3ccc(F)cc3)n2)=C/C1=C(/[OH2+])c1cccnc1. The molecule has 4 rings (SSSR count). The highest BCUT2D eigenvalue weighted by Gasteiger charge is 2.19. The molecular weight excluding hydrogens is 369 g/mol. The number of hydrogen-bond acceptors (Lipinski definition) is 5. The number of allylic oxidation sites excluding steroid dienone is 5. The predicted molar refractivity (Wildman–Crippen MR) is 111 cm³/mol. The summed E-state index contributed by atoms with van der Waals surface area (Å²) in [6, 6.07) is 11.2. The summed E-state index contributed by atoms with van der Waals surface area (Å²) in [6.45, 7) is 0. The van der Waals surface area contributed by atoms with Gasteiger partial charge in [0.15, 0.2) is 0 Å². The Labute approximate surface area is 166 Å². The van der Waals surface area contributed by atoms with E-state index in [2.05, 4.69) is 20.3 Å². The molecule has 2 aromatic heterocycles. The Kier molecular flexibility index (Phi) is 4.94. The highest BCUT2D eigenvalue weighted by molar-refractivity contribution is 6.16. The second-order valence-corrected chi connectivity index (χ2v) is 6.27. The molecule has 4 N–H and O–H groups in total. The lowest BCUT2D eigenvalue weighted by Crippen LogP contribution is -2.06. The largest absolute Gasteiger partial charge is 0.592 e. The van der Waals surface area contributed by atoms with Crippen molar-refractivity contribution in [2.75, 3.05) is 5.32 Å². The monoisotopic (exact) mass is 386 g/mol. The van der Waals surface area contributed by atoms with Gasteiger partial charge < -0.3 is 10.4 Å². The van der Waals surface area contributed by atoms with Crippen molar-refractivity contribution >= 4 is 28.7 Å². The third kappa shape index (κ3) is 4.08. The first kappa shape index (κ1) is 18.2. The summed E-state index contributed by atoms with van der Waals surface area (Å²) >= 11 is 0. The van der Waals surface area contributed by atoms with Gasteiger partial charge in [-0.15, -0.1) is 0 Å². The van der Waals surface area contributed by atoms with E-state index in [1.165, 1.54) is 12.1 Å². The topological polar surface area (TPSA) is 97.5 Å². The van der Waals surface area contributed by atoms with Crippen molar-refractivity contribution in [3.8, 4) is 0 Å². The molecule has 1 aliphatic rings. The minimum absolute atomic E-state index is 0.226. The molecule has 3 aromatic rings. The minimum Gasteiger partial charge on any atom is -0.592 e. The summed E-state index contributed by atoms with van der Waals surface area (Å²) in [7, 11) is 0. The van der Waals surface area contributed by atoms with E-state index in [9.17, 15) is 4.39 Å². The van der Waals surface area contributed by atoms with Gasteiger partial charge in [-0.2, -0.15) is 0 Å². The van der Waals surface area contributed by atoms with E-state index in [4.69, 9.17) is 10.5 Å². The van der Waals surface area contributed by atoms with Crippen LogP contribution in [0, 0.1) is 11.2 Å². The number of aromatic nitrogens is 3. The molecule has 0 spiro atoms. The van der Waals surface area contributed by atoms with Crippen molar-refractivity contribution in [2.24, 2.45) is 0 Å². The van der Waals surface area contributed by atoms with Crippen LogP contribution in [-0.2, 0) is 0 Å². The van der Waals surface area contributed by atoms with Crippen molar-refractivity contribution in [2.45, 2.75) is 0 Å². The van der Waals surface area contributed by atoms with Crippen LogP contribution in [-0.4, -0.2) is 25.8 Å². The van der Waals surface area contributed by atoms with Crippen molar-refractivity contribution in [1.82, 2.24) is 15.0 Å². The third-order valence-electron chi connectivity index (χ3n) is 4.29. The quantitative estimate of drug-likeness (QED) is 0.525. The normalized spacial score (nSPS) is 15.1. The smallest absolute Gasteiger partial charge is 0.272 e. The predicted octanol–water partition coefficient (Wildman–Crippen LogP) is 3.86. The van der Waals surface area contributed by atoms with Crippen LogP contribution in [0.25, 0.3) is 11.3 Å². The second kappa shape index (κ2) is 7.85. The van der Waals surface area contributed by atoms with E-state index in [1.807, 2.05) is 0 Å². The molecule has 0 radical (unpaired) electrons. The Morgan fingerprint density at radius 3 is 2.62 bits per heavy atom. The molecule has 0 amide bonds. The third-order valence-corrected chi connectivity index (χ3v) is 4.29. The van der Waals surface area contributed by atoms with Crippen LogP contribution in [0.2, 0.25) is 0 Å². The number of nitrogens with zero attached hydrogens (tertiary/aromatic N) is 3. The van der Waals surface area contributed by atoms with Gasteiger partial charge in [0.2, 0.25) is 5.95 Å². The van der Waals surface area contributed by atoms with Gasteiger partial charge in [0.1, 0.15) is 5.82 Å². The van der Waals surface area contributed by atoms with Crippen LogP contribution < -0.4 is 5.32 Å². The molecule has 142 valence electrons. The molecule has 2 heterocycles. The molecule has 1 aliphatic carbocycles. The van der Waals surface area contributed by atoms with Crippen LogP contribution in [0.4, 0.5) is 16.0 Å². The van der Waals surface area contributed by atoms with E-state index in [-0.39, 0.29) is 17.3 Å². The molecule has 0 bridgehead atoms. The molecule has 1 aromatic carbocycles. The maximum absolute atomic E-state index is 13.1. The summed E-state index contributed by atoms with van der Waals surface area (Å²) in [5, 5.41) is 19.7. The van der Waals surface area contributed by atoms with Crippen LogP contribution >= 0.6 is 0 Å². The first-order valence-corrected chi connectivity index (χ1v) is 8.81. The van der Waals surface area contributed by atoms with Gasteiger partial charge in [-0.05, 0) is 54.6 Å². The van der Waals surface area contributed by atoms with Gasteiger partial charge in [-0.1, -0.05) is 6.08 Å². The maximum atomic E-state index is 13.1. The standard InChI is InChI=1S/C22H16FN5O/c23-16-4-6-17(7-5-16)27-22-26-11-9-20(28-22)14-3-8-19(24)18(12-14)21(29)15-2-1-10-25-13-15/h1-13,24,29H,(H,26,27,28)/p+1/b21-18-,24-19?. The van der Waals surface area contributed by atoms with Crippen LogP contribution in [0.1, 0.15) is 11.3 Å². The summed E-state index contributed by atoms with van der Waals surface area (Å²) in [6.07, 6.45) is 10.1. The average Bonchev–Trinajstić information content (AvgIpc) is 2.76. The molecule has 29 heavy (non-hydrogen) atoms. The van der Waals surface area contributed by atoms with E-state index in [1.54, 1.807) is 67.2 Å². The maximum Gasteiger partial charge on any atom is 0.272 e. The summed E-state index contributed by atoms with van der Waals surface area (Å²) < 4.78 is 13.1. The van der Waals surface area contributed by atoms with Gasteiger partial charge in [0, 0.05) is 29.9 Å². The van der Waals surface area contributed by atoms with Crippen LogP contribution in [0.3, 0.4) is 0 Å². The fourth-order valence-electron chi connectivity index (χ4n) is 2.82. The van der Waals surface area contributed by atoms with Gasteiger partial charge in [-0.3, -0.25) is 10.4 Å². The van der Waals surface area contributed by atoms with E-state index in [0.717, 1.165) is 5.57 Å². The lowest BCUT2D eigenvalue weighted by atomic mass is 9.95. The van der Waals surface area contributed by atoms with Crippen LogP contribution in [0.15, 0.2) is 84.9 Å². The fraction of sp³-hybridized carbons (Fsp3) is 0. The number of nitrogens with one attached hydrogen (secondary N) is 2. The number of pyridine rings is 1. The average molecular weight is 386 g/mol. The highest BCUT2D eigenvalue weighted by atomic mass is 19.1. The zero-order valence-electron chi connectivity index (χ0n) is 15.2. The molecule has 0 aliphatic heterocycles. The zero-order valence-corrected chi connectivity index (χ0v) is 15.2. The van der Waals surface area contributed by atoms with Gasteiger partial charge in [-0.25, -0.2) is 14.4 Å². The Bertz CT molecular complexity index is 1150. The first-order valence-electron chi connectivity index (χ1n) is 8.81. The second-order valence-electron chi connectivity index (χ2n) is 6.27. The summed E-state index contributed by atoms with van der Waals surface area (Å²) in [5.74, 6) is 0.279. The number of benzene rings is 1. The Balaban J connectivity index is 1.66. The van der Waals surface area contributed by atoms with Gasteiger partial charge in [0.25, 0.3) is 5.76 Å². The molecule has 6 nitrogen and oxygen atoms in total. The minimum atomic E-state index is -0.315. The lowest BCUT2D eigenvalue weighted by molar-refractivity contribution is 0.509. The first-order chi connectivity index (χ1) is 14.1. The fourth-order valence-corrected chi connectivity index (χ4v) is 2.82. The molecule has 0 saturated heterocycles. The Morgan fingerprint density at radius 2 is 1.86 bits per heavy atom. The van der Waals surface area contributed by atoms with Gasteiger partial charge >= 0.3 is 0 Å².